The van der Waals surface area contributed by atoms with Crippen LogP contribution in [-0.2, 0) is 21.4 Å². The molecule has 0 saturated carbocycles. The van der Waals surface area contributed by atoms with Gasteiger partial charge in [-0.3, -0.25) is 4.79 Å². The van der Waals surface area contributed by atoms with Crippen molar-refractivity contribution in [3.63, 3.8) is 0 Å². The van der Waals surface area contributed by atoms with Gasteiger partial charge >= 0.3 is 0 Å². The zero-order valence-corrected chi connectivity index (χ0v) is 18.5. The van der Waals surface area contributed by atoms with Crippen LogP contribution in [-0.4, -0.2) is 30.4 Å². The van der Waals surface area contributed by atoms with E-state index in [4.69, 9.17) is 0 Å². The highest BCUT2D eigenvalue weighted by Crippen LogP contribution is 2.17. The van der Waals surface area contributed by atoms with Crippen LogP contribution < -0.4 is 10.0 Å². The van der Waals surface area contributed by atoms with Gasteiger partial charge in [-0.2, -0.15) is 0 Å². The Kier molecular flexibility index (Phi) is 6.87. The van der Waals surface area contributed by atoms with Gasteiger partial charge < -0.3 is 9.88 Å². The predicted molar refractivity (Wildman–Crippen MR) is 116 cm³/mol. The zero-order chi connectivity index (χ0) is 22.6. The molecule has 164 valence electrons. The van der Waals surface area contributed by atoms with Gasteiger partial charge in [0.05, 0.1) is 10.6 Å². The quantitative estimate of drug-likeness (QED) is 0.559. The Bertz CT molecular complexity index is 1210. The summed E-state index contributed by atoms with van der Waals surface area (Å²) in [5.74, 6) is -0.0870. The SMILES string of the molecule is Cc1ccc(C)c(S(=O)(=O)NCCC(=O)NCc2ccc(-n3ccnc3C)c(F)c2)c1. The Morgan fingerprint density at radius 2 is 1.90 bits per heavy atom. The lowest BCUT2D eigenvalue weighted by atomic mass is 10.2. The molecule has 0 unspecified atom stereocenters. The van der Waals surface area contributed by atoms with Crippen LogP contribution in [0.4, 0.5) is 4.39 Å². The number of hydrogen-bond acceptors (Lipinski definition) is 4. The number of sulfonamides is 1. The van der Waals surface area contributed by atoms with Crippen LogP contribution in [0.1, 0.15) is 28.9 Å². The smallest absolute Gasteiger partial charge is 0.240 e. The third kappa shape index (κ3) is 5.56. The van der Waals surface area contributed by atoms with Crippen LogP contribution in [0.2, 0.25) is 0 Å². The first-order valence-electron chi connectivity index (χ1n) is 9.80. The molecule has 1 aromatic heterocycles. The van der Waals surface area contributed by atoms with Gasteiger partial charge in [-0.25, -0.2) is 22.5 Å². The first-order chi connectivity index (χ1) is 14.7. The van der Waals surface area contributed by atoms with Crippen molar-refractivity contribution < 1.29 is 17.6 Å². The van der Waals surface area contributed by atoms with Crippen molar-refractivity contribution in [3.05, 3.63) is 77.1 Å². The van der Waals surface area contributed by atoms with Gasteiger partial charge in [0.2, 0.25) is 15.9 Å². The van der Waals surface area contributed by atoms with E-state index in [9.17, 15) is 17.6 Å². The van der Waals surface area contributed by atoms with Crippen LogP contribution in [0, 0.1) is 26.6 Å². The van der Waals surface area contributed by atoms with Crippen molar-refractivity contribution in [2.45, 2.75) is 38.6 Å². The fraction of sp³-hybridized carbons (Fsp3) is 0.273. The molecule has 1 amide bonds. The fourth-order valence-corrected chi connectivity index (χ4v) is 4.51. The monoisotopic (exact) mass is 444 g/mol. The Morgan fingerprint density at radius 3 is 2.58 bits per heavy atom. The number of carbonyl (C=O) groups excluding carboxylic acids is 1. The first-order valence-corrected chi connectivity index (χ1v) is 11.3. The molecule has 3 rings (SSSR count). The van der Waals surface area contributed by atoms with E-state index in [-0.39, 0.29) is 30.3 Å². The van der Waals surface area contributed by atoms with Crippen molar-refractivity contribution in [3.8, 4) is 5.69 Å². The molecule has 0 aliphatic carbocycles. The summed E-state index contributed by atoms with van der Waals surface area (Å²) in [5.41, 5.74) is 2.46. The number of rotatable bonds is 8. The van der Waals surface area contributed by atoms with Crippen LogP contribution >= 0.6 is 0 Å². The average Bonchev–Trinajstić information content (AvgIpc) is 3.13. The van der Waals surface area contributed by atoms with E-state index in [1.807, 2.05) is 13.0 Å². The molecule has 0 bridgehead atoms. The second-order valence-electron chi connectivity index (χ2n) is 7.32. The van der Waals surface area contributed by atoms with Gasteiger partial charge in [0.25, 0.3) is 0 Å². The molecular weight excluding hydrogens is 419 g/mol. The molecule has 0 aliphatic heterocycles. The molecule has 9 heteroatoms. The maximum absolute atomic E-state index is 14.4. The molecule has 0 radical (unpaired) electrons. The maximum atomic E-state index is 14.4. The summed E-state index contributed by atoms with van der Waals surface area (Å²) < 4.78 is 43.5. The van der Waals surface area contributed by atoms with E-state index in [1.54, 1.807) is 55.1 Å². The van der Waals surface area contributed by atoms with Crippen molar-refractivity contribution in [2.24, 2.45) is 0 Å². The normalized spacial score (nSPS) is 11.5. The number of aryl methyl sites for hydroxylation is 3. The number of imidazole rings is 1. The highest BCUT2D eigenvalue weighted by atomic mass is 32.2. The third-order valence-electron chi connectivity index (χ3n) is 4.86. The number of aromatic nitrogens is 2. The second kappa shape index (κ2) is 9.40. The molecule has 3 aromatic rings. The summed E-state index contributed by atoms with van der Waals surface area (Å²) in [5, 5.41) is 2.68. The molecule has 1 heterocycles. The Morgan fingerprint density at radius 1 is 1.13 bits per heavy atom. The molecule has 7 nitrogen and oxygen atoms in total. The lowest BCUT2D eigenvalue weighted by Gasteiger charge is -2.11. The topological polar surface area (TPSA) is 93.1 Å². The molecule has 2 aromatic carbocycles. The largest absolute Gasteiger partial charge is 0.352 e. The molecular formula is C22H25FN4O3S. The van der Waals surface area contributed by atoms with E-state index in [2.05, 4.69) is 15.0 Å². The molecule has 2 N–H and O–H groups in total. The molecule has 0 atom stereocenters. The standard InChI is InChI=1S/C22H25FN4O3S/c1-15-4-5-16(2)21(12-15)31(29,30)26-9-8-22(28)25-14-18-6-7-20(19(23)13-18)27-11-10-24-17(27)3/h4-7,10-13,26H,8-9,14H2,1-3H3,(H,25,28). The van der Waals surface area contributed by atoms with Crippen LogP contribution in [0.3, 0.4) is 0 Å². The summed E-state index contributed by atoms with van der Waals surface area (Å²) in [6.45, 7) is 5.43. The Labute approximate surface area is 181 Å². The number of halogens is 1. The van der Waals surface area contributed by atoms with Crippen molar-refractivity contribution in [1.82, 2.24) is 19.6 Å². The maximum Gasteiger partial charge on any atom is 0.240 e. The van der Waals surface area contributed by atoms with Gasteiger partial charge in [-0.15, -0.1) is 0 Å². The Hall–Kier alpha value is -3.04. The van der Waals surface area contributed by atoms with Crippen LogP contribution in [0.15, 0.2) is 53.7 Å². The minimum absolute atomic E-state index is 0.0289. The van der Waals surface area contributed by atoms with E-state index < -0.39 is 15.8 Å². The summed E-state index contributed by atoms with van der Waals surface area (Å²) in [7, 11) is -3.70. The number of benzene rings is 2. The van der Waals surface area contributed by atoms with Gasteiger partial charge in [0.1, 0.15) is 11.6 Å². The van der Waals surface area contributed by atoms with E-state index >= 15 is 0 Å². The van der Waals surface area contributed by atoms with Gasteiger partial charge in [0.15, 0.2) is 0 Å². The number of nitrogens with one attached hydrogen (secondary N) is 2. The van der Waals surface area contributed by atoms with E-state index in [0.717, 1.165) is 5.56 Å². The lowest BCUT2D eigenvalue weighted by Crippen LogP contribution is -2.31. The van der Waals surface area contributed by atoms with Crippen molar-refractivity contribution in [2.75, 3.05) is 6.54 Å². The number of nitrogens with zero attached hydrogens (tertiary/aromatic N) is 2. The highest BCUT2D eigenvalue weighted by molar-refractivity contribution is 7.89. The number of carbonyl (C=O) groups is 1. The number of hydrogen-bond donors (Lipinski definition) is 2. The summed E-state index contributed by atoms with van der Waals surface area (Å²) >= 11 is 0. The first kappa shape index (κ1) is 22.6. The molecule has 0 fully saturated rings. The molecule has 0 aliphatic rings. The van der Waals surface area contributed by atoms with Gasteiger partial charge in [-0.1, -0.05) is 18.2 Å². The van der Waals surface area contributed by atoms with Crippen molar-refractivity contribution in [1.29, 1.82) is 0 Å². The molecule has 0 saturated heterocycles. The number of amides is 1. The zero-order valence-electron chi connectivity index (χ0n) is 17.6. The van der Waals surface area contributed by atoms with E-state index in [1.165, 1.54) is 6.07 Å². The fourth-order valence-electron chi connectivity index (χ4n) is 3.15. The lowest BCUT2D eigenvalue weighted by molar-refractivity contribution is -0.121. The third-order valence-corrected chi connectivity index (χ3v) is 6.47. The van der Waals surface area contributed by atoms with Crippen LogP contribution in [0.5, 0.6) is 0 Å². The minimum atomic E-state index is -3.70. The summed E-state index contributed by atoms with van der Waals surface area (Å²) in [6.07, 6.45) is 3.24. The minimum Gasteiger partial charge on any atom is -0.352 e. The van der Waals surface area contributed by atoms with Crippen LogP contribution in [0.25, 0.3) is 5.69 Å². The summed E-state index contributed by atoms with van der Waals surface area (Å²) in [4.78, 5) is 16.4. The second-order valence-corrected chi connectivity index (χ2v) is 9.06. The van der Waals surface area contributed by atoms with Crippen molar-refractivity contribution >= 4 is 15.9 Å². The van der Waals surface area contributed by atoms with E-state index in [0.29, 0.717) is 22.6 Å². The average molecular weight is 445 g/mol. The summed E-state index contributed by atoms with van der Waals surface area (Å²) in [6, 6.07) is 9.90. The molecule has 0 spiro atoms. The highest BCUT2D eigenvalue weighted by Gasteiger charge is 2.17. The van der Waals surface area contributed by atoms with Gasteiger partial charge in [0, 0.05) is 31.9 Å². The van der Waals surface area contributed by atoms with Gasteiger partial charge in [-0.05, 0) is 55.7 Å². The molecule has 31 heavy (non-hydrogen) atoms. The predicted octanol–water partition coefficient (Wildman–Crippen LogP) is 2.92. The Balaban J connectivity index is 1.52.